The van der Waals surface area contributed by atoms with Crippen LogP contribution in [0.2, 0.25) is 0 Å². The summed E-state index contributed by atoms with van der Waals surface area (Å²) in [5.74, 6) is 0.255. The number of aromatic amines is 1. The Morgan fingerprint density at radius 3 is 2.62 bits per heavy atom. The average molecular weight is 407 g/mol. The zero-order valence-corrected chi connectivity index (χ0v) is 17.4. The van der Waals surface area contributed by atoms with Crippen LogP contribution in [0.5, 0.6) is 0 Å². The summed E-state index contributed by atoms with van der Waals surface area (Å²) >= 11 is 1.64. The fourth-order valence-corrected chi connectivity index (χ4v) is 4.60. The molecule has 0 amide bonds. The van der Waals surface area contributed by atoms with Crippen LogP contribution in [0.1, 0.15) is 38.2 Å². The van der Waals surface area contributed by atoms with E-state index in [-0.39, 0.29) is 17.0 Å². The number of ketones is 1. The van der Waals surface area contributed by atoms with Crippen molar-refractivity contribution < 1.29 is 4.79 Å². The Labute approximate surface area is 173 Å². The summed E-state index contributed by atoms with van der Waals surface area (Å²) < 4.78 is 0. The molecule has 2 aliphatic rings. The zero-order chi connectivity index (χ0) is 20.8. The smallest absolute Gasteiger partial charge is 0.231 e. The molecule has 4 rings (SSSR count). The third kappa shape index (κ3) is 3.21. The maximum Gasteiger partial charge on any atom is 0.231 e. The maximum absolute atomic E-state index is 13.3. The van der Waals surface area contributed by atoms with Gasteiger partial charge in [0.2, 0.25) is 5.95 Å². The van der Waals surface area contributed by atoms with E-state index in [1.54, 1.807) is 16.7 Å². The van der Waals surface area contributed by atoms with Crippen molar-refractivity contribution in [3.05, 3.63) is 58.8 Å². The molecule has 3 N–H and O–H groups in total. The summed E-state index contributed by atoms with van der Waals surface area (Å²) in [6, 6.07) is 10.2. The van der Waals surface area contributed by atoms with E-state index in [0.717, 1.165) is 16.2 Å². The molecule has 1 atom stereocenters. The van der Waals surface area contributed by atoms with Crippen molar-refractivity contribution in [1.29, 1.82) is 5.26 Å². The summed E-state index contributed by atoms with van der Waals surface area (Å²) in [5, 5.41) is 16.7. The number of carbonyl (C=O) groups is 1. The molecule has 7 nitrogen and oxygen atoms in total. The minimum atomic E-state index is -0.478. The van der Waals surface area contributed by atoms with Crippen molar-refractivity contribution in [3.63, 3.8) is 0 Å². The van der Waals surface area contributed by atoms with Crippen molar-refractivity contribution in [1.82, 2.24) is 15.2 Å². The van der Waals surface area contributed by atoms with E-state index in [2.05, 4.69) is 35.1 Å². The Bertz CT molecular complexity index is 1060. The van der Waals surface area contributed by atoms with E-state index in [9.17, 15) is 10.1 Å². The second kappa shape index (κ2) is 7.08. The molecule has 1 aromatic heterocycles. The summed E-state index contributed by atoms with van der Waals surface area (Å²) in [5.41, 5.74) is 8.94. The van der Waals surface area contributed by atoms with Gasteiger partial charge >= 0.3 is 0 Å². The predicted molar refractivity (Wildman–Crippen MR) is 112 cm³/mol. The van der Waals surface area contributed by atoms with Crippen molar-refractivity contribution in [2.75, 3.05) is 11.2 Å². The molecule has 0 bridgehead atoms. The lowest BCUT2D eigenvalue weighted by Crippen LogP contribution is -2.42. The molecule has 1 aliphatic carbocycles. The summed E-state index contributed by atoms with van der Waals surface area (Å²) in [4.78, 5) is 20.4. The first-order valence-electron chi connectivity index (χ1n) is 9.31. The molecule has 0 radical (unpaired) electrons. The van der Waals surface area contributed by atoms with Gasteiger partial charge in [-0.1, -0.05) is 26.0 Å². The third-order valence-corrected chi connectivity index (χ3v) is 6.19. The molecule has 0 unspecified atom stereocenters. The van der Waals surface area contributed by atoms with Gasteiger partial charge in [0.15, 0.2) is 5.78 Å². The van der Waals surface area contributed by atoms with Gasteiger partial charge < -0.3 is 5.73 Å². The van der Waals surface area contributed by atoms with Gasteiger partial charge in [0.25, 0.3) is 0 Å². The summed E-state index contributed by atoms with van der Waals surface area (Å²) in [7, 11) is 0. The van der Waals surface area contributed by atoms with Crippen LogP contribution < -0.4 is 10.6 Å². The summed E-state index contributed by atoms with van der Waals surface area (Å²) in [6.07, 6.45) is 4.47. The highest BCUT2D eigenvalue weighted by Crippen LogP contribution is 2.49. The van der Waals surface area contributed by atoms with Crippen LogP contribution >= 0.6 is 11.8 Å². The SMILES string of the molecule is CSc1ccc([C@@H]2C(C#N)=C(N)N(c3ncn[nH]3)C3=C2C(=O)CC(C)(C)C3)cc1. The molecule has 1 aliphatic heterocycles. The van der Waals surface area contributed by atoms with Crippen molar-refractivity contribution >= 4 is 23.5 Å². The first-order valence-corrected chi connectivity index (χ1v) is 10.5. The Kier molecular flexibility index (Phi) is 4.71. The molecule has 0 saturated carbocycles. The predicted octanol–water partition coefficient (Wildman–Crippen LogP) is 3.47. The minimum absolute atomic E-state index is 0.0416. The molecule has 0 fully saturated rings. The Balaban J connectivity index is 1.96. The van der Waals surface area contributed by atoms with Gasteiger partial charge in [-0.3, -0.25) is 9.69 Å². The number of aromatic nitrogens is 3. The van der Waals surface area contributed by atoms with Crippen LogP contribution in [0.3, 0.4) is 0 Å². The number of nitriles is 1. The first-order chi connectivity index (χ1) is 13.9. The Hall–Kier alpha value is -3.05. The second-order valence-electron chi connectivity index (χ2n) is 8.06. The molecule has 0 spiro atoms. The van der Waals surface area contributed by atoms with Crippen LogP contribution in [0.15, 0.2) is 58.2 Å². The number of carbonyl (C=O) groups excluding carboxylic acids is 1. The molecule has 2 heterocycles. The second-order valence-corrected chi connectivity index (χ2v) is 8.94. The standard InChI is InChI=1S/C21H22N6OS/c1-21(2)8-15-18(16(28)9-21)17(12-4-6-13(29-3)7-5-12)14(10-22)19(23)27(15)20-24-11-25-26-20/h4-7,11,17H,8-9,23H2,1-3H3,(H,24,25,26)/t17-/m1/s1. The fraction of sp³-hybridized carbons (Fsp3) is 0.333. The zero-order valence-electron chi connectivity index (χ0n) is 16.6. The lowest BCUT2D eigenvalue weighted by molar-refractivity contribution is -0.118. The molecule has 1 aromatic carbocycles. The normalized spacial score (nSPS) is 21.2. The number of allylic oxidation sites excluding steroid dienone is 3. The topological polar surface area (TPSA) is 112 Å². The van der Waals surface area contributed by atoms with Crippen LogP contribution in [0.25, 0.3) is 0 Å². The lowest BCUT2D eigenvalue weighted by Gasteiger charge is -2.42. The van der Waals surface area contributed by atoms with Gasteiger partial charge in [-0.2, -0.15) is 15.3 Å². The van der Waals surface area contributed by atoms with Gasteiger partial charge in [-0.15, -0.1) is 11.8 Å². The number of Topliss-reactive ketones (excluding diaryl/α,β-unsaturated/α-hetero) is 1. The number of anilines is 1. The van der Waals surface area contributed by atoms with Crippen molar-refractivity contribution in [2.24, 2.45) is 11.1 Å². The number of hydrogen-bond donors (Lipinski definition) is 2. The van der Waals surface area contributed by atoms with Gasteiger partial charge in [0, 0.05) is 22.6 Å². The van der Waals surface area contributed by atoms with Crippen molar-refractivity contribution in [3.8, 4) is 6.07 Å². The number of nitrogens with one attached hydrogen (secondary N) is 1. The summed E-state index contributed by atoms with van der Waals surface area (Å²) in [6.45, 7) is 4.13. The number of benzene rings is 1. The molecule has 0 saturated heterocycles. The molecule has 148 valence electrons. The number of thioether (sulfide) groups is 1. The highest BCUT2D eigenvalue weighted by Gasteiger charge is 2.45. The molecule has 29 heavy (non-hydrogen) atoms. The average Bonchev–Trinajstić information content (AvgIpc) is 3.20. The van der Waals surface area contributed by atoms with E-state index in [1.807, 2.05) is 30.5 Å². The Morgan fingerprint density at radius 1 is 1.31 bits per heavy atom. The number of rotatable bonds is 3. The van der Waals surface area contributed by atoms with Gasteiger partial charge in [-0.25, -0.2) is 5.10 Å². The highest BCUT2D eigenvalue weighted by molar-refractivity contribution is 7.98. The number of H-pyrrole nitrogens is 1. The number of hydrogen-bond acceptors (Lipinski definition) is 7. The first kappa shape index (κ1) is 19.3. The maximum atomic E-state index is 13.3. The molecule has 8 heteroatoms. The minimum Gasteiger partial charge on any atom is -0.384 e. The lowest BCUT2D eigenvalue weighted by atomic mass is 9.68. The molecular formula is C21H22N6OS. The number of nitrogens with two attached hydrogens (primary N) is 1. The molecule has 2 aromatic rings. The highest BCUT2D eigenvalue weighted by atomic mass is 32.2. The quantitative estimate of drug-likeness (QED) is 0.751. The third-order valence-electron chi connectivity index (χ3n) is 5.44. The van der Waals surface area contributed by atoms with Gasteiger partial charge in [0.1, 0.15) is 12.1 Å². The fourth-order valence-electron chi connectivity index (χ4n) is 4.19. The van der Waals surface area contributed by atoms with Gasteiger partial charge in [-0.05, 0) is 35.8 Å². The van der Waals surface area contributed by atoms with E-state index >= 15 is 0 Å². The van der Waals surface area contributed by atoms with E-state index in [0.29, 0.717) is 29.9 Å². The van der Waals surface area contributed by atoms with E-state index in [1.165, 1.54) is 6.33 Å². The van der Waals surface area contributed by atoms with Crippen molar-refractivity contribution in [2.45, 2.75) is 37.5 Å². The van der Waals surface area contributed by atoms with E-state index in [4.69, 9.17) is 5.73 Å². The molecular weight excluding hydrogens is 384 g/mol. The van der Waals surface area contributed by atoms with Crippen LogP contribution in [0, 0.1) is 16.7 Å². The van der Waals surface area contributed by atoms with Crippen LogP contribution in [-0.2, 0) is 4.79 Å². The van der Waals surface area contributed by atoms with Crippen LogP contribution in [0.4, 0.5) is 5.95 Å². The van der Waals surface area contributed by atoms with E-state index < -0.39 is 5.92 Å². The monoisotopic (exact) mass is 406 g/mol. The number of nitrogens with zero attached hydrogens (tertiary/aromatic N) is 4. The largest absolute Gasteiger partial charge is 0.384 e. The van der Waals surface area contributed by atoms with Crippen LogP contribution in [-0.4, -0.2) is 27.2 Å². The Morgan fingerprint density at radius 2 is 2.03 bits per heavy atom. The van der Waals surface area contributed by atoms with Gasteiger partial charge in [0.05, 0.1) is 17.6 Å².